The molecule has 1 saturated carbocycles. The smallest absolute Gasteiger partial charge is 0.306 e. The number of carboxylic acids is 1. The van der Waals surface area contributed by atoms with Gasteiger partial charge < -0.3 is 5.11 Å². The van der Waals surface area contributed by atoms with Gasteiger partial charge in [-0.15, -0.1) is 11.3 Å². The van der Waals surface area contributed by atoms with Crippen LogP contribution in [0.1, 0.15) is 46.0 Å². The molecule has 1 fully saturated rings. The molecule has 0 bridgehead atoms. The number of nitrogens with zero attached hydrogens (tertiary/aromatic N) is 1. The van der Waals surface area contributed by atoms with Crippen molar-refractivity contribution in [2.75, 3.05) is 0 Å². The van der Waals surface area contributed by atoms with Gasteiger partial charge in [-0.2, -0.15) is 0 Å². The predicted octanol–water partition coefficient (Wildman–Crippen LogP) is 5.49. The number of hydrogen-bond acceptors (Lipinski definition) is 3. The molecule has 3 nitrogen and oxygen atoms in total. The van der Waals surface area contributed by atoms with Crippen LogP contribution in [-0.2, 0) is 4.79 Å². The Morgan fingerprint density at radius 2 is 1.77 bits per heavy atom. The van der Waals surface area contributed by atoms with Crippen molar-refractivity contribution >= 4 is 17.3 Å². The Balaban J connectivity index is 0.000000202. The first-order valence-corrected chi connectivity index (χ1v) is 8.82. The zero-order valence-electron chi connectivity index (χ0n) is 13.4. The molecule has 1 heterocycles. The fourth-order valence-electron chi connectivity index (χ4n) is 2.31. The van der Waals surface area contributed by atoms with Crippen molar-refractivity contribution < 1.29 is 9.90 Å². The Morgan fingerprint density at radius 1 is 1.14 bits per heavy atom. The van der Waals surface area contributed by atoms with E-state index in [9.17, 15) is 4.79 Å². The predicted molar refractivity (Wildman–Crippen MR) is 93.1 cm³/mol. The highest BCUT2D eigenvalue weighted by molar-refractivity contribution is 7.13. The number of carboxylic acid groups (broad SMARTS) is 1. The van der Waals surface area contributed by atoms with E-state index in [1.165, 1.54) is 16.9 Å². The lowest BCUT2D eigenvalue weighted by molar-refractivity contribution is -0.142. The summed E-state index contributed by atoms with van der Waals surface area (Å²) >= 11 is 1.66. The van der Waals surface area contributed by atoms with E-state index >= 15 is 0 Å². The van der Waals surface area contributed by atoms with Gasteiger partial charge in [-0.25, -0.2) is 0 Å². The minimum atomic E-state index is -0.602. The Bertz CT molecular complexity index is 505. The maximum absolute atomic E-state index is 10.4. The van der Waals surface area contributed by atoms with Gasteiger partial charge in [0.1, 0.15) is 0 Å². The summed E-state index contributed by atoms with van der Waals surface area (Å²) in [5.41, 5.74) is 3.09. The topological polar surface area (TPSA) is 50.2 Å². The summed E-state index contributed by atoms with van der Waals surface area (Å²) in [5.74, 6) is -0.631. The molecule has 1 aliphatic carbocycles. The largest absolute Gasteiger partial charge is 0.481 e. The summed E-state index contributed by atoms with van der Waals surface area (Å²) in [5, 5.41) is 8.54. The van der Waals surface area contributed by atoms with Crippen LogP contribution in [0.2, 0.25) is 0 Å². The third-order valence-electron chi connectivity index (χ3n) is 3.45. The first-order valence-electron chi connectivity index (χ1n) is 7.94. The number of rotatable bonds is 2. The molecular formula is C18H25NO2S. The Labute approximate surface area is 137 Å². The van der Waals surface area contributed by atoms with Crippen LogP contribution in [0, 0.1) is 5.92 Å². The highest BCUT2D eigenvalue weighted by Gasteiger charge is 2.19. The number of benzene rings is 1. The van der Waals surface area contributed by atoms with E-state index in [4.69, 9.17) is 5.11 Å². The van der Waals surface area contributed by atoms with Crippen molar-refractivity contribution in [1.29, 1.82) is 0 Å². The third-order valence-corrected chi connectivity index (χ3v) is 4.27. The monoisotopic (exact) mass is 319 g/mol. The first kappa shape index (κ1) is 18.4. The molecular weight excluding hydrogens is 294 g/mol. The molecule has 0 aliphatic heterocycles. The third kappa shape index (κ3) is 6.39. The Kier molecular flexibility index (Phi) is 9.15. The van der Waals surface area contributed by atoms with Gasteiger partial charge in [-0.1, -0.05) is 63.4 Å². The molecule has 1 N–H and O–H groups in total. The average Bonchev–Trinajstić information content (AvgIpc) is 3.13. The summed E-state index contributed by atoms with van der Waals surface area (Å²) in [6.07, 6.45) is 7.13. The van der Waals surface area contributed by atoms with E-state index in [0.717, 1.165) is 25.7 Å². The minimum absolute atomic E-state index is 0.0289. The Hall–Kier alpha value is -1.68. The second kappa shape index (κ2) is 11.0. The van der Waals surface area contributed by atoms with Gasteiger partial charge in [-0.05, 0) is 18.4 Å². The van der Waals surface area contributed by atoms with Crippen molar-refractivity contribution in [2.45, 2.75) is 46.0 Å². The van der Waals surface area contributed by atoms with Gasteiger partial charge in [0, 0.05) is 6.20 Å². The lowest BCUT2D eigenvalue weighted by Crippen LogP contribution is -2.16. The quantitative estimate of drug-likeness (QED) is 0.796. The van der Waals surface area contributed by atoms with Crippen molar-refractivity contribution in [1.82, 2.24) is 4.98 Å². The molecule has 0 amide bonds. The summed E-state index contributed by atoms with van der Waals surface area (Å²) in [7, 11) is 0. The number of hydrogen-bond donors (Lipinski definition) is 1. The fourth-order valence-corrected chi connectivity index (χ4v) is 2.94. The van der Waals surface area contributed by atoms with E-state index in [0.29, 0.717) is 0 Å². The van der Waals surface area contributed by atoms with E-state index in [-0.39, 0.29) is 5.92 Å². The molecule has 0 spiro atoms. The molecule has 1 aromatic carbocycles. The normalized spacial score (nSPS) is 14.1. The lowest BCUT2D eigenvalue weighted by Gasteiger charge is -2.16. The first-order chi connectivity index (χ1) is 10.8. The molecule has 0 radical (unpaired) electrons. The van der Waals surface area contributed by atoms with E-state index < -0.39 is 5.97 Å². The van der Waals surface area contributed by atoms with Crippen LogP contribution < -0.4 is 0 Å². The fraction of sp³-hybridized carbons (Fsp3) is 0.444. The van der Waals surface area contributed by atoms with E-state index in [2.05, 4.69) is 17.1 Å². The molecule has 0 saturated heterocycles. The standard InChI is InChI=1S/C9H7NS.C7H12O2.C2H6/c1-2-4-8(5-3-1)9-6-10-7-11-9;8-7(9)6-4-2-1-3-5-6;1-2/h1-7H;6H,1-5H2,(H,8,9);1-2H3. The molecule has 3 rings (SSSR count). The maximum atomic E-state index is 10.4. The summed E-state index contributed by atoms with van der Waals surface area (Å²) in [4.78, 5) is 15.6. The summed E-state index contributed by atoms with van der Waals surface area (Å²) in [6, 6.07) is 10.3. The van der Waals surface area contributed by atoms with E-state index in [1.54, 1.807) is 11.3 Å². The number of thiazole rings is 1. The highest BCUT2D eigenvalue weighted by atomic mass is 32.1. The van der Waals surface area contributed by atoms with Gasteiger partial charge in [0.2, 0.25) is 0 Å². The van der Waals surface area contributed by atoms with Gasteiger partial charge >= 0.3 is 5.97 Å². The van der Waals surface area contributed by atoms with E-state index in [1.807, 2.05) is 43.8 Å². The van der Waals surface area contributed by atoms with Gasteiger partial charge in [0.05, 0.1) is 16.3 Å². The van der Waals surface area contributed by atoms with Crippen LogP contribution in [0.25, 0.3) is 10.4 Å². The van der Waals surface area contributed by atoms with Crippen LogP contribution in [0.4, 0.5) is 0 Å². The molecule has 120 valence electrons. The molecule has 0 atom stereocenters. The summed E-state index contributed by atoms with van der Waals surface area (Å²) < 4.78 is 0. The number of aliphatic carboxylic acids is 1. The van der Waals surface area contributed by atoms with Gasteiger partial charge in [0.15, 0.2) is 0 Å². The lowest BCUT2D eigenvalue weighted by atomic mass is 9.90. The number of carbonyl (C=O) groups is 1. The van der Waals surface area contributed by atoms with Crippen LogP contribution in [-0.4, -0.2) is 16.1 Å². The highest BCUT2D eigenvalue weighted by Crippen LogP contribution is 2.23. The zero-order chi connectivity index (χ0) is 16.2. The molecule has 1 aliphatic rings. The second-order valence-corrected chi connectivity index (χ2v) is 5.79. The molecule has 2 aromatic rings. The van der Waals surface area contributed by atoms with Crippen LogP contribution in [0.3, 0.4) is 0 Å². The SMILES string of the molecule is CC.O=C(O)C1CCCCC1.c1ccc(-c2cncs2)cc1. The number of aromatic nitrogens is 1. The minimum Gasteiger partial charge on any atom is -0.481 e. The van der Waals surface area contributed by atoms with Crippen LogP contribution in [0.5, 0.6) is 0 Å². The Morgan fingerprint density at radius 3 is 2.23 bits per heavy atom. The van der Waals surface area contributed by atoms with Gasteiger partial charge in [-0.3, -0.25) is 9.78 Å². The molecule has 22 heavy (non-hydrogen) atoms. The van der Waals surface area contributed by atoms with Crippen molar-refractivity contribution in [2.24, 2.45) is 5.92 Å². The molecule has 1 aromatic heterocycles. The van der Waals surface area contributed by atoms with Crippen molar-refractivity contribution in [3.63, 3.8) is 0 Å². The van der Waals surface area contributed by atoms with Crippen LogP contribution >= 0.6 is 11.3 Å². The summed E-state index contributed by atoms with van der Waals surface area (Å²) in [6.45, 7) is 4.00. The van der Waals surface area contributed by atoms with Crippen molar-refractivity contribution in [3.8, 4) is 10.4 Å². The molecule has 0 unspecified atom stereocenters. The average molecular weight is 319 g/mol. The maximum Gasteiger partial charge on any atom is 0.306 e. The zero-order valence-corrected chi connectivity index (χ0v) is 14.2. The van der Waals surface area contributed by atoms with Gasteiger partial charge in [0.25, 0.3) is 0 Å². The second-order valence-electron chi connectivity index (χ2n) is 4.90. The van der Waals surface area contributed by atoms with Crippen LogP contribution in [0.15, 0.2) is 42.0 Å². The molecule has 4 heteroatoms. The van der Waals surface area contributed by atoms with Crippen molar-refractivity contribution in [3.05, 3.63) is 42.0 Å².